The summed E-state index contributed by atoms with van der Waals surface area (Å²) in [4.78, 5) is 61.5. The Bertz CT molecular complexity index is 2910. The van der Waals surface area contributed by atoms with E-state index in [1.165, 1.54) is 32.3 Å². The topological polar surface area (TPSA) is 153 Å². The molecule has 2 heterocycles. The molecule has 5 aromatic carbocycles. The van der Waals surface area contributed by atoms with E-state index in [1.807, 2.05) is 54.6 Å². The highest BCUT2D eigenvalue weighted by Gasteiger charge is 2.69. The van der Waals surface area contributed by atoms with Gasteiger partial charge in [-0.05, 0) is 108 Å². The monoisotopic (exact) mass is 955 g/mol. The van der Waals surface area contributed by atoms with Crippen LogP contribution in [0, 0.1) is 29.6 Å². The lowest BCUT2D eigenvalue weighted by atomic mass is 9.50. The molecule has 5 aromatic rings. The Morgan fingerprint density at radius 3 is 2.00 bits per heavy atom. The number of halogens is 2. The number of benzene rings is 5. The third kappa shape index (κ3) is 7.69. The zero-order chi connectivity index (χ0) is 48.0. The highest BCUT2D eigenvalue weighted by Crippen LogP contribution is 2.62. The number of hydrogen-bond donors (Lipinski definition) is 2. The van der Waals surface area contributed by atoms with Crippen LogP contribution in [0.5, 0.6) is 34.5 Å². The lowest BCUT2D eigenvalue weighted by Gasteiger charge is -2.49. The maximum Gasteiger partial charge on any atom is 0.260 e. The van der Waals surface area contributed by atoms with Crippen LogP contribution in [0.4, 0.5) is 11.4 Å². The Hall–Kier alpha value is -7.22. The van der Waals surface area contributed by atoms with Gasteiger partial charge in [-0.15, -0.1) is 0 Å². The molecule has 0 spiro atoms. The largest absolute Gasteiger partial charge is 0.502 e. The van der Waals surface area contributed by atoms with Crippen molar-refractivity contribution in [2.75, 3.05) is 45.9 Å². The van der Waals surface area contributed by atoms with E-state index in [4.69, 9.17) is 46.9 Å². The van der Waals surface area contributed by atoms with Gasteiger partial charge in [0.25, 0.3) is 11.8 Å². The van der Waals surface area contributed by atoms with E-state index < -0.39 is 46.8 Å². The molecule has 1 saturated carbocycles. The molecule has 4 aliphatic rings. The van der Waals surface area contributed by atoms with Gasteiger partial charge in [-0.1, -0.05) is 83.4 Å². The fourth-order valence-electron chi connectivity index (χ4n) is 10.5. The predicted octanol–water partition coefficient (Wildman–Crippen LogP) is 9.65. The Labute approximate surface area is 403 Å². The lowest BCUT2D eigenvalue weighted by molar-refractivity contribution is -0.139. The Morgan fingerprint density at radius 2 is 1.35 bits per heavy atom. The summed E-state index contributed by atoms with van der Waals surface area (Å²) < 4.78 is 27.4. The molecule has 4 amide bonds. The molecule has 2 N–H and O–H groups in total. The highest BCUT2D eigenvalue weighted by molar-refractivity contribution is 6.36. The van der Waals surface area contributed by atoms with E-state index in [2.05, 4.69) is 5.43 Å². The quantitative estimate of drug-likeness (QED) is 0.0659. The van der Waals surface area contributed by atoms with Crippen molar-refractivity contribution in [1.29, 1.82) is 0 Å². The molecular weight excluding hydrogens is 909 g/mol. The number of anilines is 2. The van der Waals surface area contributed by atoms with Gasteiger partial charge in [0, 0.05) is 16.5 Å². The first-order valence-electron chi connectivity index (χ1n) is 21.8. The zero-order valence-corrected chi connectivity index (χ0v) is 39.2. The maximum atomic E-state index is 15.6. The second-order valence-corrected chi connectivity index (χ2v) is 17.8. The standard InChI is InChI=1S/C53H47Cl2N3O10/c1-64-35-16-11-32(12-17-35)53-40(21-9-30-24-45(67-4)48(59)46(25-30)68-5)37-19-20-38-47(39(37)28-41(53)50(61)58(52(53)63)56-43-22-13-33(54)27-42(43)55)51(62)57(49(38)60)34-14-7-29(8-15-34)6-10-31-26-36(65-2)18-23-44(31)66-3/h6-19,21-27,38-41,47,56,59H,20,28H2,1-5H3/t38-,39+,40-,41-,47-,53-/m0/s1. The van der Waals surface area contributed by atoms with Crippen LogP contribution in [-0.4, -0.2) is 69.3 Å². The van der Waals surface area contributed by atoms with Gasteiger partial charge in [-0.3, -0.25) is 29.5 Å². The number of carbonyl (C=O) groups excluding carboxylic acids is 4. The zero-order valence-electron chi connectivity index (χ0n) is 37.7. The van der Waals surface area contributed by atoms with Crippen molar-refractivity contribution >= 4 is 76.4 Å². The SMILES string of the molecule is COc1ccc([C@@]23C(=O)N(Nc4ccc(Cl)cc4Cl)C(=O)[C@@H]2C[C@@H]2C(=CC[C@@H]4C(=O)N(c5ccc(C=Cc6cc(OC)ccc6OC)cc5)C(=O)[C@@H]42)[C@@H]3C=Cc2cc(OC)c(O)c(OC)c2)cc1. The van der Waals surface area contributed by atoms with Crippen LogP contribution < -0.4 is 34.0 Å². The van der Waals surface area contributed by atoms with Gasteiger partial charge in [-0.2, -0.15) is 5.01 Å². The first kappa shape index (κ1) is 45.9. The molecular formula is C53H47Cl2N3O10. The fraction of sp³-hybridized carbons (Fsp3) is 0.245. The number of aromatic hydroxyl groups is 1. The third-order valence-corrected chi connectivity index (χ3v) is 14.2. The third-order valence-electron chi connectivity index (χ3n) is 13.7. The van der Waals surface area contributed by atoms with E-state index >= 15 is 9.59 Å². The van der Waals surface area contributed by atoms with E-state index in [9.17, 15) is 14.7 Å². The second-order valence-electron chi connectivity index (χ2n) is 16.9. The number of imide groups is 2. The van der Waals surface area contributed by atoms with Crippen molar-refractivity contribution in [3.8, 4) is 34.5 Å². The first-order valence-corrected chi connectivity index (χ1v) is 22.6. The van der Waals surface area contributed by atoms with Crippen LogP contribution in [0.15, 0.2) is 115 Å². The van der Waals surface area contributed by atoms with Gasteiger partial charge in [0.1, 0.15) is 17.2 Å². The number of hydrazine groups is 1. The van der Waals surface area contributed by atoms with Gasteiger partial charge < -0.3 is 28.8 Å². The van der Waals surface area contributed by atoms with Gasteiger partial charge in [0.05, 0.1) is 75.1 Å². The maximum absolute atomic E-state index is 15.6. The molecule has 0 unspecified atom stereocenters. The van der Waals surface area contributed by atoms with Crippen molar-refractivity contribution in [1.82, 2.24) is 5.01 Å². The van der Waals surface area contributed by atoms with E-state index in [1.54, 1.807) is 81.0 Å². The van der Waals surface area contributed by atoms with Crippen LogP contribution in [0.1, 0.15) is 35.1 Å². The number of nitrogens with one attached hydrogen (secondary N) is 1. The summed E-state index contributed by atoms with van der Waals surface area (Å²) in [6.07, 6.45) is 9.71. The van der Waals surface area contributed by atoms with Crippen molar-refractivity contribution < 1.29 is 48.0 Å². The van der Waals surface area contributed by atoms with Crippen LogP contribution >= 0.6 is 23.2 Å². The minimum Gasteiger partial charge on any atom is -0.502 e. The van der Waals surface area contributed by atoms with Gasteiger partial charge in [0.15, 0.2) is 11.5 Å². The molecule has 6 atom stereocenters. The molecule has 2 saturated heterocycles. The van der Waals surface area contributed by atoms with E-state index in [-0.39, 0.29) is 52.6 Å². The van der Waals surface area contributed by atoms with E-state index in [0.29, 0.717) is 39.1 Å². The summed E-state index contributed by atoms with van der Waals surface area (Å²) in [5.74, 6) is -3.83. The minimum atomic E-state index is -1.57. The second kappa shape index (κ2) is 18.5. The molecule has 9 rings (SSSR count). The number of carbonyl (C=O) groups is 4. The molecule has 3 fully saturated rings. The molecule has 0 aromatic heterocycles. The van der Waals surface area contributed by atoms with E-state index in [0.717, 1.165) is 21.7 Å². The van der Waals surface area contributed by atoms with Crippen molar-refractivity contribution in [3.63, 3.8) is 0 Å². The number of phenolic OH excluding ortho intramolecular Hbond substituents is 1. The number of amides is 4. The molecule has 348 valence electrons. The van der Waals surface area contributed by atoms with Crippen LogP contribution in [0.3, 0.4) is 0 Å². The Kier molecular flexibility index (Phi) is 12.5. The first-order chi connectivity index (χ1) is 32.9. The van der Waals surface area contributed by atoms with Crippen LogP contribution in [0.25, 0.3) is 18.2 Å². The fourth-order valence-corrected chi connectivity index (χ4v) is 10.9. The van der Waals surface area contributed by atoms with Crippen LogP contribution in [-0.2, 0) is 24.6 Å². The summed E-state index contributed by atoms with van der Waals surface area (Å²) >= 11 is 12.9. The molecule has 15 heteroatoms. The predicted molar refractivity (Wildman–Crippen MR) is 259 cm³/mol. The van der Waals surface area contributed by atoms with Gasteiger partial charge in [-0.25, -0.2) is 0 Å². The van der Waals surface area contributed by atoms with Crippen LogP contribution in [0.2, 0.25) is 10.0 Å². The number of allylic oxidation sites excluding steroid dienone is 3. The number of phenols is 1. The number of methoxy groups -OCH3 is 5. The minimum absolute atomic E-state index is 0.0751. The molecule has 68 heavy (non-hydrogen) atoms. The van der Waals surface area contributed by atoms with Crippen molar-refractivity contribution in [2.45, 2.75) is 18.3 Å². The Balaban J connectivity index is 1.13. The molecule has 0 radical (unpaired) electrons. The molecule has 0 bridgehead atoms. The summed E-state index contributed by atoms with van der Waals surface area (Å²) in [5.41, 5.74) is 5.62. The average molecular weight is 957 g/mol. The summed E-state index contributed by atoms with van der Waals surface area (Å²) in [7, 11) is 7.58. The number of nitrogens with zero attached hydrogens (tertiary/aromatic N) is 2. The lowest BCUT2D eigenvalue weighted by Crippen LogP contribution is -2.54. The smallest absolute Gasteiger partial charge is 0.260 e. The Morgan fingerprint density at radius 1 is 0.676 bits per heavy atom. The highest BCUT2D eigenvalue weighted by atomic mass is 35.5. The summed E-state index contributed by atoms with van der Waals surface area (Å²) in [5, 5.41) is 12.3. The number of ether oxygens (including phenoxy) is 5. The normalized spacial score (nSPS) is 23.1. The van der Waals surface area contributed by atoms with Gasteiger partial charge in [0.2, 0.25) is 17.6 Å². The molecule has 2 aliphatic heterocycles. The summed E-state index contributed by atoms with van der Waals surface area (Å²) in [6.45, 7) is 0. The molecule has 2 aliphatic carbocycles. The number of rotatable bonds is 13. The van der Waals surface area contributed by atoms with Crippen molar-refractivity contribution in [2.24, 2.45) is 29.6 Å². The van der Waals surface area contributed by atoms with Crippen molar-refractivity contribution in [3.05, 3.63) is 147 Å². The van der Waals surface area contributed by atoms with Gasteiger partial charge >= 0.3 is 0 Å². The number of hydrogen-bond acceptors (Lipinski definition) is 11. The molecule has 13 nitrogen and oxygen atoms in total. The number of fused-ring (bicyclic) bond motifs is 4. The summed E-state index contributed by atoms with van der Waals surface area (Å²) in [6, 6.07) is 27.7. The average Bonchev–Trinajstić information content (AvgIpc) is 3.74.